The number of nitrogens with one attached hydrogen (secondary N) is 1. The summed E-state index contributed by atoms with van der Waals surface area (Å²) in [6, 6.07) is 10.7. The molecule has 1 saturated heterocycles. The molecule has 1 fully saturated rings. The van der Waals surface area contributed by atoms with Gasteiger partial charge in [-0.25, -0.2) is 9.18 Å². The molecule has 1 aliphatic heterocycles. The Morgan fingerprint density at radius 1 is 1.29 bits per heavy atom. The van der Waals surface area contributed by atoms with E-state index in [0.717, 1.165) is 28.9 Å². The van der Waals surface area contributed by atoms with Gasteiger partial charge in [-0.05, 0) is 48.6 Å². The number of aliphatic hydroxyl groups is 1. The quantitative estimate of drug-likeness (QED) is 0.795. The average Bonchev–Trinajstić information content (AvgIpc) is 2.92. The summed E-state index contributed by atoms with van der Waals surface area (Å²) in [7, 11) is 1.58. The summed E-state index contributed by atoms with van der Waals surface area (Å²) in [6.07, 6.45) is 0.693. The number of nitrogens with zero attached hydrogens (tertiary/aromatic N) is 1. The molecule has 6 nitrogen and oxygen atoms in total. The number of amides is 3. The molecule has 0 bridgehead atoms. The van der Waals surface area contributed by atoms with E-state index in [1.807, 2.05) is 12.1 Å². The molecule has 1 spiro atoms. The molecule has 2 aromatic rings. The van der Waals surface area contributed by atoms with Crippen molar-refractivity contribution in [3.63, 3.8) is 0 Å². The molecule has 1 heterocycles. The highest BCUT2D eigenvalue weighted by Crippen LogP contribution is 2.41. The molecular formula is C21H21FN2O4. The lowest BCUT2D eigenvalue weighted by Gasteiger charge is -2.33. The van der Waals surface area contributed by atoms with E-state index < -0.39 is 29.4 Å². The Balaban J connectivity index is 1.64. The van der Waals surface area contributed by atoms with Crippen LogP contribution in [0.5, 0.6) is 5.75 Å². The summed E-state index contributed by atoms with van der Waals surface area (Å²) in [6.45, 7) is -0.307. The van der Waals surface area contributed by atoms with Crippen molar-refractivity contribution in [2.45, 2.75) is 30.9 Å². The van der Waals surface area contributed by atoms with Gasteiger partial charge in [-0.2, -0.15) is 0 Å². The molecule has 2 aliphatic rings. The molecule has 3 amide bonds. The Labute approximate surface area is 161 Å². The van der Waals surface area contributed by atoms with Crippen LogP contribution in [-0.2, 0) is 16.8 Å². The molecule has 2 N–H and O–H groups in total. The molecule has 2 unspecified atom stereocenters. The third-order valence-corrected chi connectivity index (χ3v) is 5.57. The fourth-order valence-corrected chi connectivity index (χ4v) is 4.16. The number of hydrogen-bond acceptors (Lipinski definition) is 4. The Morgan fingerprint density at radius 2 is 2.07 bits per heavy atom. The van der Waals surface area contributed by atoms with Crippen LogP contribution < -0.4 is 10.1 Å². The summed E-state index contributed by atoms with van der Waals surface area (Å²) in [5.41, 5.74) is 0.612. The fraction of sp³-hybridized carbons (Fsp3) is 0.333. The van der Waals surface area contributed by atoms with Gasteiger partial charge in [0.2, 0.25) is 0 Å². The van der Waals surface area contributed by atoms with Gasteiger partial charge in [0, 0.05) is 5.56 Å². The zero-order valence-corrected chi connectivity index (χ0v) is 15.4. The molecule has 0 aromatic heterocycles. The van der Waals surface area contributed by atoms with E-state index in [9.17, 15) is 19.1 Å². The van der Waals surface area contributed by atoms with Crippen LogP contribution in [0.1, 0.15) is 35.6 Å². The Morgan fingerprint density at radius 3 is 2.82 bits per heavy atom. The van der Waals surface area contributed by atoms with E-state index in [4.69, 9.17) is 4.74 Å². The molecule has 0 saturated carbocycles. The third kappa shape index (κ3) is 2.82. The van der Waals surface area contributed by atoms with Crippen molar-refractivity contribution in [3.05, 3.63) is 65.0 Å². The smallest absolute Gasteiger partial charge is 0.325 e. The second-order valence-electron chi connectivity index (χ2n) is 7.17. The van der Waals surface area contributed by atoms with Crippen molar-refractivity contribution in [2.75, 3.05) is 13.7 Å². The highest BCUT2D eigenvalue weighted by molar-refractivity contribution is 6.07. The minimum Gasteiger partial charge on any atom is -0.497 e. The number of carbonyl (C=O) groups is 2. The molecule has 2 atom stereocenters. The molecule has 4 rings (SSSR count). The second kappa shape index (κ2) is 6.91. The van der Waals surface area contributed by atoms with Gasteiger partial charge >= 0.3 is 6.03 Å². The predicted molar refractivity (Wildman–Crippen MR) is 99.2 cm³/mol. The maximum Gasteiger partial charge on any atom is 0.325 e. The zero-order valence-electron chi connectivity index (χ0n) is 15.4. The van der Waals surface area contributed by atoms with E-state index in [0.29, 0.717) is 12.2 Å². The monoisotopic (exact) mass is 384 g/mol. The van der Waals surface area contributed by atoms with Gasteiger partial charge in [0.05, 0.1) is 19.8 Å². The number of fused-ring (bicyclic) bond motifs is 2. The SMILES string of the molecule is COc1ccc2c(c1)CCCC21NC(=O)N(CC(O)c2ccccc2F)C1=O. The van der Waals surface area contributed by atoms with Crippen LogP contribution in [0, 0.1) is 5.82 Å². The van der Waals surface area contributed by atoms with E-state index in [1.54, 1.807) is 19.2 Å². The summed E-state index contributed by atoms with van der Waals surface area (Å²) in [5.74, 6) is -0.301. The molecule has 0 radical (unpaired) electrons. The largest absolute Gasteiger partial charge is 0.497 e. The summed E-state index contributed by atoms with van der Waals surface area (Å²) < 4.78 is 19.2. The van der Waals surface area contributed by atoms with Crippen LogP contribution in [-0.4, -0.2) is 35.6 Å². The number of aryl methyl sites for hydroxylation is 1. The van der Waals surface area contributed by atoms with E-state index in [-0.39, 0.29) is 12.1 Å². The number of ether oxygens (including phenoxy) is 1. The van der Waals surface area contributed by atoms with Gasteiger partial charge in [0.25, 0.3) is 5.91 Å². The second-order valence-corrected chi connectivity index (χ2v) is 7.17. The number of imide groups is 1. The minimum atomic E-state index is -1.30. The van der Waals surface area contributed by atoms with Crippen molar-refractivity contribution in [1.29, 1.82) is 0 Å². The Bertz CT molecular complexity index is 948. The standard InChI is InChI=1S/C21H21FN2O4/c1-28-14-8-9-16-13(11-14)5-4-10-21(16)19(26)24(20(27)23-21)12-18(25)15-6-2-3-7-17(15)22/h2-3,6-9,11,18,25H,4-5,10,12H2,1H3,(H,23,27). The molecular weight excluding hydrogens is 363 g/mol. The van der Waals surface area contributed by atoms with Crippen LogP contribution in [0.2, 0.25) is 0 Å². The lowest BCUT2D eigenvalue weighted by molar-refractivity contribution is -0.133. The molecule has 28 heavy (non-hydrogen) atoms. The first-order chi connectivity index (χ1) is 13.5. The van der Waals surface area contributed by atoms with E-state index >= 15 is 0 Å². The number of rotatable bonds is 4. The van der Waals surface area contributed by atoms with Crippen LogP contribution in [0.4, 0.5) is 9.18 Å². The number of carbonyl (C=O) groups excluding carboxylic acids is 2. The number of halogens is 1. The Kier molecular flexibility index (Phi) is 4.55. The van der Waals surface area contributed by atoms with E-state index in [1.165, 1.54) is 18.2 Å². The van der Waals surface area contributed by atoms with Crippen molar-refractivity contribution in [3.8, 4) is 5.75 Å². The lowest BCUT2D eigenvalue weighted by atomic mass is 9.76. The number of benzene rings is 2. The van der Waals surface area contributed by atoms with Gasteiger partial charge < -0.3 is 15.2 Å². The first kappa shape index (κ1) is 18.4. The summed E-state index contributed by atoms with van der Waals surface area (Å²) in [5, 5.41) is 13.2. The van der Waals surface area contributed by atoms with Gasteiger partial charge in [0.15, 0.2) is 0 Å². The first-order valence-corrected chi connectivity index (χ1v) is 9.20. The number of methoxy groups -OCH3 is 1. The topological polar surface area (TPSA) is 78.9 Å². The van der Waals surface area contributed by atoms with Crippen molar-refractivity contribution in [2.24, 2.45) is 0 Å². The Hall–Kier alpha value is -2.93. The molecule has 2 aromatic carbocycles. The van der Waals surface area contributed by atoms with Crippen LogP contribution >= 0.6 is 0 Å². The van der Waals surface area contributed by atoms with Gasteiger partial charge in [-0.3, -0.25) is 9.69 Å². The fourth-order valence-electron chi connectivity index (χ4n) is 4.16. The maximum absolute atomic E-state index is 13.9. The summed E-state index contributed by atoms with van der Waals surface area (Å²) >= 11 is 0. The number of β-amino-alcohol motifs (C(OH)–C–C–N with tert-alkyl or cyclic N) is 1. The van der Waals surface area contributed by atoms with E-state index in [2.05, 4.69) is 5.32 Å². The first-order valence-electron chi connectivity index (χ1n) is 9.20. The van der Waals surface area contributed by atoms with Gasteiger partial charge in [-0.15, -0.1) is 0 Å². The average molecular weight is 384 g/mol. The highest BCUT2D eigenvalue weighted by Gasteiger charge is 2.54. The number of urea groups is 1. The third-order valence-electron chi connectivity index (χ3n) is 5.57. The zero-order chi connectivity index (χ0) is 19.9. The molecule has 146 valence electrons. The number of aliphatic hydroxyl groups excluding tert-OH is 1. The normalized spacial score (nSPS) is 22.2. The minimum absolute atomic E-state index is 0.0535. The van der Waals surface area contributed by atoms with Crippen LogP contribution in [0.15, 0.2) is 42.5 Å². The van der Waals surface area contributed by atoms with Crippen LogP contribution in [0.3, 0.4) is 0 Å². The maximum atomic E-state index is 13.9. The van der Waals surface area contributed by atoms with Crippen molar-refractivity contribution in [1.82, 2.24) is 10.2 Å². The lowest BCUT2D eigenvalue weighted by Crippen LogP contribution is -2.46. The highest BCUT2D eigenvalue weighted by atomic mass is 19.1. The van der Waals surface area contributed by atoms with Gasteiger partial charge in [0.1, 0.15) is 17.1 Å². The molecule has 7 heteroatoms. The van der Waals surface area contributed by atoms with Gasteiger partial charge in [-0.1, -0.05) is 24.3 Å². The molecule has 1 aliphatic carbocycles. The predicted octanol–water partition coefficient (Wildman–Crippen LogP) is 2.65. The van der Waals surface area contributed by atoms with Crippen molar-refractivity contribution >= 4 is 11.9 Å². The number of hydrogen-bond donors (Lipinski definition) is 2. The van der Waals surface area contributed by atoms with Crippen molar-refractivity contribution < 1.29 is 23.8 Å². The summed E-state index contributed by atoms with van der Waals surface area (Å²) in [4.78, 5) is 26.9. The van der Waals surface area contributed by atoms with Crippen LogP contribution in [0.25, 0.3) is 0 Å².